The van der Waals surface area contributed by atoms with Gasteiger partial charge in [0.2, 0.25) is 0 Å². The number of nitrogens with one attached hydrogen (secondary N) is 1. The van der Waals surface area contributed by atoms with Gasteiger partial charge in [0.25, 0.3) is 10.0 Å². The van der Waals surface area contributed by atoms with E-state index in [-0.39, 0.29) is 18.1 Å². The molecular weight excluding hydrogens is 478 g/mol. The van der Waals surface area contributed by atoms with Crippen LogP contribution in [0.15, 0.2) is 53.4 Å². The number of ether oxygens (including phenoxy) is 1. The number of allylic oxidation sites excluding steroid dienone is 2. The molecule has 1 N–H and O–H groups in total. The Kier molecular flexibility index (Phi) is 9.47. The van der Waals surface area contributed by atoms with Crippen molar-refractivity contribution in [3.05, 3.63) is 58.3 Å². The van der Waals surface area contributed by atoms with E-state index in [1.807, 2.05) is 18.2 Å². The Labute approximate surface area is 212 Å². The monoisotopic (exact) mass is 511 g/mol. The maximum Gasteiger partial charge on any atom is 0.251 e. The van der Waals surface area contributed by atoms with Crippen molar-refractivity contribution in [2.45, 2.75) is 33.6 Å². The fourth-order valence-electron chi connectivity index (χ4n) is 4.00. The Hall–Kier alpha value is -2.70. The first-order chi connectivity index (χ1) is 16.8. The van der Waals surface area contributed by atoms with E-state index >= 15 is 0 Å². The number of thiophene rings is 1. The SMILES string of the molecule is CCCN(CCC)c1ccc2cc(-c3ccc(/C(C)=C(\C#N)S(=O)(=O)NCCOC)s3)ccc2c1. The first kappa shape index (κ1) is 26.9. The largest absolute Gasteiger partial charge is 0.383 e. The Morgan fingerprint density at radius 1 is 1.06 bits per heavy atom. The molecule has 0 aliphatic heterocycles. The molecule has 0 radical (unpaired) electrons. The second-order valence-corrected chi connectivity index (χ2v) is 11.1. The van der Waals surface area contributed by atoms with Crippen molar-refractivity contribution in [2.24, 2.45) is 0 Å². The van der Waals surface area contributed by atoms with Gasteiger partial charge in [-0.15, -0.1) is 11.3 Å². The van der Waals surface area contributed by atoms with Gasteiger partial charge in [-0.3, -0.25) is 0 Å². The van der Waals surface area contributed by atoms with Crippen molar-refractivity contribution in [3.8, 4) is 16.5 Å². The molecule has 2 aromatic carbocycles. The maximum atomic E-state index is 12.6. The summed E-state index contributed by atoms with van der Waals surface area (Å²) >= 11 is 1.48. The summed E-state index contributed by atoms with van der Waals surface area (Å²) in [5.41, 5.74) is 2.75. The molecule has 3 rings (SSSR count). The Bertz CT molecular complexity index is 1330. The Morgan fingerprint density at radius 3 is 2.40 bits per heavy atom. The third-order valence-corrected chi connectivity index (χ3v) is 8.52. The molecule has 8 heteroatoms. The lowest BCUT2D eigenvalue weighted by molar-refractivity contribution is 0.204. The number of methoxy groups -OCH3 is 1. The van der Waals surface area contributed by atoms with Gasteiger partial charge in [-0.25, -0.2) is 13.1 Å². The second kappa shape index (κ2) is 12.3. The average Bonchev–Trinajstić information content (AvgIpc) is 3.34. The molecule has 1 aromatic heterocycles. The van der Waals surface area contributed by atoms with Crippen LogP contribution in [-0.2, 0) is 14.8 Å². The summed E-state index contributed by atoms with van der Waals surface area (Å²) in [6.45, 7) is 8.52. The molecular formula is C27H33N3O3S2. The van der Waals surface area contributed by atoms with E-state index in [9.17, 15) is 13.7 Å². The van der Waals surface area contributed by atoms with Crippen LogP contribution in [0, 0.1) is 11.3 Å². The van der Waals surface area contributed by atoms with E-state index in [4.69, 9.17) is 4.74 Å². The Balaban J connectivity index is 1.90. The molecule has 0 saturated carbocycles. The lowest BCUT2D eigenvalue weighted by Crippen LogP contribution is -2.28. The summed E-state index contributed by atoms with van der Waals surface area (Å²) in [5, 5.41) is 11.9. The van der Waals surface area contributed by atoms with Gasteiger partial charge in [0.05, 0.1) is 6.61 Å². The summed E-state index contributed by atoms with van der Waals surface area (Å²) in [5.74, 6) is 0. The number of rotatable bonds is 12. The van der Waals surface area contributed by atoms with Gasteiger partial charge >= 0.3 is 0 Å². The molecule has 0 fully saturated rings. The smallest absolute Gasteiger partial charge is 0.251 e. The molecule has 0 spiro atoms. The molecule has 0 atom stereocenters. The van der Waals surface area contributed by atoms with Gasteiger partial charge in [0, 0.05) is 42.2 Å². The van der Waals surface area contributed by atoms with Gasteiger partial charge in [-0.2, -0.15) is 5.26 Å². The van der Waals surface area contributed by atoms with Gasteiger partial charge in [-0.1, -0.05) is 32.0 Å². The van der Waals surface area contributed by atoms with Crippen molar-refractivity contribution < 1.29 is 13.2 Å². The summed E-state index contributed by atoms with van der Waals surface area (Å²) in [6.07, 6.45) is 2.23. The minimum absolute atomic E-state index is 0.112. The number of sulfonamides is 1. The predicted octanol–water partition coefficient (Wildman–Crippen LogP) is 6.02. The van der Waals surface area contributed by atoms with Gasteiger partial charge in [-0.05, 0) is 72.0 Å². The number of fused-ring (bicyclic) bond motifs is 1. The third kappa shape index (κ3) is 6.50. The van der Waals surface area contributed by atoms with Gasteiger partial charge in [0.1, 0.15) is 6.07 Å². The minimum atomic E-state index is -3.90. The molecule has 0 unspecified atom stereocenters. The highest BCUT2D eigenvalue weighted by Gasteiger charge is 2.21. The highest BCUT2D eigenvalue weighted by molar-refractivity contribution is 7.93. The van der Waals surface area contributed by atoms with E-state index in [1.165, 1.54) is 29.5 Å². The van der Waals surface area contributed by atoms with Crippen LogP contribution in [-0.4, -0.2) is 41.8 Å². The van der Waals surface area contributed by atoms with Crippen molar-refractivity contribution in [1.82, 2.24) is 4.72 Å². The zero-order chi connectivity index (χ0) is 25.4. The number of nitrogens with zero attached hydrogens (tertiary/aromatic N) is 2. The van der Waals surface area contributed by atoms with Crippen LogP contribution in [0.5, 0.6) is 0 Å². The van der Waals surface area contributed by atoms with Gasteiger partial charge < -0.3 is 9.64 Å². The van der Waals surface area contributed by atoms with Crippen LogP contribution in [0.25, 0.3) is 26.8 Å². The summed E-state index contributed by atoms with van der Waals surface area (Å²) < 4.78 is 32.5. The zero-order valence-electron chi connectivity index (χ0n) is 20.8. The molecule has 0 amide bonds. The van der Waals surface area contributed by atoms with E-state index in [0.717, 1.165) is 46.6 Å². The Morgan fingerprint density at radius 2 is 1.74 bits per heavy atom. The van der Waals surface area contributed by atoms with E-state index in [1.54, 1.807) is 6.92 Å². The molecule has 6 nitrogen and oxygen atoms in total. The second-order valence-electron chi connectivity index (χ2n) is 8.35. The van der Waals surface area contributed by atoms with Crippen LogP contribution in [0.4, 0.5) is 5.69 Å². The van der Waals surface area contributed by atoms with Crippen LogP contribution < -0.4 is 9.62 Å². The number of anilines is 1. The lowest BCUT2D eigenvalue weighted by Gasteiger charge is -2.24. The molecule has 3 aromatic rings. The topological polar surface area (TPSA) is 82.4 Å². The van der Waals surface area contributed by atoms with Crippen molar-refractivity contribution in [3.63, 3.8) is 0 Å². The first-order valence-electron chi connectivity index (χ1n) is 11.8. The standard InChI is InChI=1S/C27H33N3O3S2/c1-5-14-30(15-6-2)24-10-9-21-17-23(8-7-22(21)18-24)26-12-11-25(34-26)20(3)27(19-28)35(31,32)29-13-16-33-4/h7-12,17-18,29H,5-6,13-16H2,1-4H3/b27-20+. The molecule has 0 aliphatic carbocycles. The van der Waals surface area contributed by atoms with Crippen LogP contribution in [0.3, 0.4) is 0 Å². The van der Waals surface area contributed by atoms with Crippen molar-refractivity contribution in [1.29, 1.82) is 5.26 Å². The third-order valence-electron chi connectivity index (χ3n) is 5.75. The van der Waals surface area contributed by atoms with Gasteiger partial charge in [0.15, 0.2) is 4.91 Å². The lowest BCUT2D eigenvalue weighted by atomic mass is 10.0. The quantitative estimate of drug-likeness (QED) is 0.238. The summed E-state index contributed by atoms with van der Waals surface area (Å²) in [6, 6.07) is 18.7. The number of benzene rings is 2. The molecule has 186 valence electrons. The highest BCUT2D eigenvalue weighted by atomic mass is 32.2. The van der Waals surface area contributed by atoms with Crippen LogP contribution >= 0.6 is 11.3 Å². The summed E-state index contributed by atoms with van der Waals surface area (Å²) in [7, 11) is -2.41. The molecule has 1 heterocycles. The fourth-order valence-corrected chi connectivity index (χ4v) is 6.20. The minimum Gasteiger partial charge on any atom is -0.383 e. The molecule has 0 aliphatic rings. The van der Waals surface area contributed by atoms with Crippen molar-refractivity contribution in [2.75, 3.05) is 38.3 Å². The molecule has 0 bridgehead atoms. The van der Waals surface area contributed by atoms with Crippen LogP contribution in [0.2, 0.25) is 0 Å². The van der Waals surface area contributed by atoms with Crippen LogP contribution in [0.1, 0.15) is 38.5 Å². The fraction of sp³-hybridized carbons (Fsp3) is 0.370. The van der Waals surface area contributed by atoms with Crippen molar-refractivity contribution >= 4 is 43.4 Å². The highest BCUT2D eigenvalue weighted by Crippen LogP contribution is 2.35. The summed E-state index contributed by atoms with van der Waals surface area (Å²) in [4.78, 5) is 3.93. The average molecular weight is 512 g/mol. The van der Waals surface area contributed by atoms with E-state index < -0.39 is 10.0 Å². The number of hydrogen-bond donors (Lipinski definition) is 1. The molecule has 0 saturated heterocycles. The van der Waals surface area contributed by atoms with E-state index in [2.05, 4.69) is 59.9 Å². The zero-order valence-corrected chi connectivity index (χ0v) is 22.4. The number of nitriles is 1. The van der Waals surface area contributed by atoms with E-state index in [0.29, 0.717) is 5.57 Å². The number of hydrogen-bond acceptors (Lipinski definition) is 6. The normalized spacial score (nSPS) is 12.4. The molecule has 35 heavy (non-hydrogen) atoms. The first-order valence-corrected chi connectivity index (χ1v) is 14.1. The maximum absolute atomic E-state index is 12.6. The predicted molar refractivity (Wildman–Crippen MR) is 147 cm³/mol.